The Labute approximate surface area is 82.6 Å². The van der Waals surface area contributed by atoms with Gasteiger partial charge in [-0.25, -0.2) is 4.57 Å². The number of oxime groups is 1. The van der Waals surface area contributed by atoms with E-state index in [9.17, 15) is 4.57 Å². The molecule has 0 aliphatic carbocycles. The van der Waals surface area contributed by atoms with E-state index in [0.29, 0.717) is 0 Å². The predicted molar refractivity (Wildman–Crippen MR) is 50.9 cm³/mol. The van der Waals surface area contributed by atoms with Crippen LogP contribution in [0.4, 0.5) is 0 Å². The lowest BCUT2D eigenvalue weighted by atomic mass is 10.9. The molecule has 0 aromatic carbocycles. The summed E-state index contributed by atoms with van der Waals surface area (Å²) in [5.41, 5.74) is 0. The molecule has 0 radical (unpaired) electrons. The summed E-state index contributed by atoms with van der Waals surface area (Å²) >= 11 is 5.38. The number of halogens is 1. The van der Waals surface area contributed by atoms with Crippen LogP contribution in [0.3, 0.4) is 0 Å². The summed E-state index contributed by atoms with van der Waals surface area (Å²) in [6.07, 6.45) is 0. The molecule has 0 fully saturated rings. The van der Waals surface area contributed by atoms with E-state index in [4.69, 9.17) is 20.6 Å². The third-order valence-electron chi connectivity index (χ3n) is 0.841. The minimum atomic E-state index is -3.55. The highest BCUT2D eigenvalue weighted by Crippen LogP contribution is 2.49. The predicted octanol–water partition coefficient (Wildman–Crippen LogP) is 2.76. The van der Waals surface area contributed by atoms with Gasteiger partial charge in [0.2, 0.25) is 0 Å². The van der Waals surface area contributed by atoms with Crippen molar-refractivity contribution in [2.45, 2.75) is 20.8 Å². The molecule has 0 unspecified atom stereocenters. The monoisotopic (exact) mass is 229 g/mol. The summed E-state index contributed by atoms with van der Waals surface area (Å²) in [6.45, 7) is 5.27. The van der Waals surface area contributed by atoms with Crippen molar-refractivity contribution in [3.63, 3.8) is 0 Å². The molecule has 0 spiro atoms. The molecule has 0 atom stereocenters. The fourth-order valence-electron chi connectivity index (χ4n) is 0.507. The molecule has 0 aliphatic heterocycles. The fourth-order valence-corrected chi connectivity index (χ4v) is 1.61. The molecule has 7 heteroatoms. The van der Waals surface area contributed by atoms with Crippen molar-refractivity contribution in [3.05, 3.63) is 0 Å². The van der Waals surface area contributed by atoms with Gasteiger partial charge < -0.3 is 0 Å². The first kappa shape index (κ1) is 12.9. The van der Waals surface area contributed by atoms with Gasteiger partial charge in [-0.2, -0.15) is 0 Å². The number of phosphoric acid groups is 1. The lowest BCUT2D eigenvalue weighted by Crippen LogP contribution is -1.97. The molecular weight excluding hydrogens is 216 g/mol. The topological polar surface area (TPSA) is 57.1 Å². The van der Waals surface area contributed by atoms with Crippen molar-refractivity contribution in [2.24, 2.45) is 5.16 Å². The molecule has 0 heterocycles. The number of phosphoric ester groups is 1. The van der Waals surface area contributed by atoms with E-state index >= 15 is 0 Å². The van der Waals surface area contributed by atoms with E-state index in [2.05, 4.69) is 9.78 Å². The van der Waals surface area contributed by atoms with E-state index in [1.165, 1.54) is 6.92 Å². The van der Waals surface area contributed by atoms with Crippen molar-refractivity contribution in [1.82, 2.24) is 0 Å². The zero-order valence-corrected chi connectivity index (χ0v) is 9.47. The van der Waals surface area contributed by atoms with Crippen LogP contribution >= 0.6 is 19.4 Å². The maximum atomic E-state index is 11.5. The first-order valence-electron chi connectivity index (χ1n) is 3.82. The smallest absolute Gasteiger partial charge is 0.291 e. The zero-order chi connectivity index (χ0) is 10.3. The fraction of sp³-hybridized carbons (Fsp3) is 0.833. The Morgan fingerprint density at radius 2 is 1.85 bits per heavy atom. The second-order valence-corrected chi connectivity index (χ2v) is 4.07. The third-order valence-corrected chi connectivity index (χ3v) is 2.34. The molecule has 0 saturated heterocycles. The molecular formula is C6H13ClNO4P. The molecule has 0 aromatic heterocycles. The molecule has 78 valence electrons. The van der Waals surface area contributed by atoms with Crippen molar-refractivity contribution in [1.29, 1.82) is 0 Å². The van der Waals surface area contributed by atoms with Crippen LogP contribution in [-0.2, 0) is 18.2 Å². The van der Waals surface area contributed by atoms with Gasteiger partial charge in [0.05, 0.1) is 13.2 Å². The van der Waals surface area contributed by atoms with E-state index in [1.807, 2.05) is 0 Å². The highest BCUT2D eigenvalue weighted by Gasteiger charge is 2.26. The van der Waals surface area contributed by atoms with Gasteiger partial charge in [0.1, 0.15) is 5.17 Å². The Balaban J connectivity index is 4.24. The average Bonchev–Trinajstić information content (AvgIpc) is 2.02. The molecule has 0 rings (SSSR count). The average molecular weight is 230 g/mol. The minimum absolute atomic E-state index is 0.125. The first-order chi connectivity index (χ1) is 6.04. The van der Waals surface area contributed by atoms with E-state index in [-0.39, 0.29) is 18.4 Å². The minimum Gasteiger partial charge on any atom is -0.291 e. The molecule has 0 aromatic rings. The quantitative estimate of drug-likeness (QED) is 0.399. The van der Waals surface area contributed by atoms with Gasteiger partial charge in [-0.1, -0.05) is 16.8 Å². The highest BCUT2D eigenvalue weighted by molar-refractivity contribution is 7.48. The maximum Gasteiger partial charge on any atom is 0.550 e. The van der Waals surface area contributed by atoms with Crippen molar-refractivity contribution in [3.8, 4) is 0 Å². The Bertz CT molecular complexity index is 207. The van der Waals surface area contributed by atoms with Gasteiger partial charge in [0.25, 0.3) is 0 Å². The summed E-state index contributed by atoms with van der Waals surface area (Å²) in [5.74, 6) is 0. The lowest BCUT2D eigenvalue weighted by molar-refractivity contribution is 0.125. The summed E-state index contributed by atoms with van der Waals surface area (Å²) in [7, 11) is -3.55. The van der Waals surface area contributed by atoms with Crippen molar-refractivity contribution < 1.29 is 18.2 Å². The third kappa shape index (κ3) is 6.05. The van der Waals surface area contributed by atoms with Gasteiger partial charge >= 0.3 is 7.82 Å². The van der Waals surface area contributed by atoms with Crippen LogP contribution in [0, 0.1) is 0 Å². The van der Waals surface area contributed by atoms with Crippen LogP contribution in [0.1, 0.15) is 20.8 Å². The molecule has 0 N–H and O–H groups in total. The Hall–Kier alpha value is -0.0900. The maximum absolute atomic E-state index is 11.5. The van der Waals surface area contributed by atoms with E-state index < -0.39 is 7.82 Å². The first-order valence-corrected chi connectivity index (χ1v) is 5.66. The Kier molecular flexibility index (Phi) is 6.33. The van der Waals surface area contributed by atoms with Crippen LogP contribution in [0.15, 0.2) is 5.16 Å². The van der Waals surface area contributed by atoms with Crippen LogP contribution < -0.4 is 0 Å². The number of hydrogen-bond acceptors (Lipinski definition) is 5. The Morgan fingerprint density at radius 1 is 1.38 bits per heavy atom. The number of nitrogens with zero attached hydrogens (tertiary/aromatic N) is 1. The molecule has 0 amide bonds. The largest absolute Gasteiger partial charge is 0.550 e. The number of rotatable bonds is 6. The Morgan fingerprint density at radius 3 is 2.15 bits per heavy atom. The molecule has 0 saturated carbocycles. The van der Waals surface area contributed by atoms with Gasteiger partial charge in [0, 0.05) is 0 Å². The van der Waals surface area contributed by atoms with Gasteiger partial charge in [0.15, 0.2) is 0 Å². The number of hydrogen-bond donors (Lipinski definition) is 0. The van der Waals surface area contributed by atoms with Crippen LogP contribution in [-0.4, -0.2) is 18.4 Å². The van der Waals surface area contributed by atoms with Crippen molar-refractivity contribution in [2.75, 3.05) is 13.2 Å². The second-order valence-electron chi connectivity index (χ2n) is 1.95. The summed E-state index contributed by atoms with van der Waals surface area (Å²) in [5, 5.41) is 3.43. The SMILES string of the molecule is CCOP(=O)(OCC)ON=C(C)Cl. The van der Waals surface area contributed by atoms with Gasteiger partial charge in [-0.3, -0.25) is 13.7 Å². The summed E-state index contributed by atoms with van der Waals surface area (Å²) < 4.78 is 25.6. The van der Waals surface area contributed by atoms with E-state index in [0.717, 1.165) is 0 Å². The van der Waals surface area contributed by atoms with E-state index in [1.54, 1.807) is 13.8 Å². The van der Waals surface area contributed by atoms with Crippen LogP contribution in [0.25, 0.3) is 0 Å². The lowest BCUT2D eigenvalue weighted by Gasteiger charge is -2.12. The summed E-state index contributed by atoms with van der Waals surface area (Å²) in [4.78, 5) is 0. The van der Waals surface area contributed by atoms with Crippen LogP contribution in [0.2, 0.25) is 0 Å². The summed E-state index contributed by atoms with van der Waals surface area (Å²) in [6, 6.07) is 0. The second kappa shape index (κ2) is 6.38. The zero-order valence-electron chi connectivity index (χ0n) is 7.82. The molecule has 0 aliphatic rings. The van der Waals surface area contributed by atoms with Crippen LogP contribution in [0.5, 0.6) is 0 Å². The van der Waals surface area contributed by atoms with Gasteiger partial charge in [-0.05, 0) is 20.8 Å². The highest BCUT2D eigenvalue weighted by atomic mass is 35.5. The molecule has 13 heavy (non-hydrogen) atoms. The molecule has 0 bridgehead atoms. The van der Waals surface area contributed by atoms with Crippen molar-refractivity contribution >= 4 is 24.6 Å². The molecule has 5 nitrogen and oxygen atoms in total. The normalized spacial score (nSPS) is 13.1. The van der Waals surface area contributed by atoms with Gasteiger partial charge in [-0.15, -0.1) is 0 Å². The standard InChI is InChI=1S/C6H13ClNO4P/c1-4-10-13(9,11-5-2)12-8-6(3)7/h4-5H2,1-3H3.